The highest BCUT2D eigenvalue weighted by Crippen LogP contribution is 2.28. The summed E-state index contributed by atoms with van der Waals surface area (Å²) in [7, 11) is 1.52. The van der Waals surface area contributed by atoms with Crippen molar-refractivity contribution in [3.05, 3.63) is 58.1 Å². The Morgan fingerprint density at radius 1 is 1.00 bits per heavy atom. The van der Waals surface area contributed by atoms with Gasteiger partial charge < -0.3 is 14.2 Å². The van der Waals surface area contributed by atoms with Gasteiger partial charge in [-0.25, -0.2) is 4.79 Å². The number of carbonyl (C=O) groups excluding carboxylic acids is 2. The molecule has 0 atom stereocenters. The summed E-state index contributed by atoms with van der Waals surface area (Å²) < 4.78 is 16.5. The van der Waals surface area contributed by atoms with Gasteiger partial charge in [0.25, 0.3) is 0 Å². The van der Waals surface area contributed by atoms with Crippen LogP contribution in [0.15, 0.2) is 46.9 Å². The van der Waals surface area contributed by atoms with Gasteiger partial charge in [0, 0.05) is 10.0 Å². The number of ether oxygens (including phenoxy) is 3. The van der Waals surface area contributed by atoms with E-state index in [-0.39, 0.29) is 12.4 Å². The fourth-order valence-electron chi connectivity index (χ4n) is 2.01. The first-order valence-electron chi connectivity index (χ1n) is 7.32. The molecule has 126 valence electrons. The molecule has 5 nitrogen and oxygen atoms in total. The molecule has 24 heavy (non-hydrogen) atoms. The Balaban J connectivity index is 2.03. The van der Waals surface area contributed by atoms with Gasteiger partial charge in [-0.3, -0.25) is 4.79 Å². The molecule has 0 bridgehead atoms. The summed E-state index contributed by atoms with van der Waals surface area (Å²) in [5.74, 6) is 0.117. The summed E-state index contributed by atoms with van der Waals surface area (Å²) >= 11 is 3.30. The molecular weight excluding hydrogens is 376 g/mol. The zero-order valence-corrected chi connectivity index (χ0v) is 15.0. The standard InChI is InChI=1S/C18H17BrO5/c1-3-23-17-10-13(6-9-16(17)22-2)18(21)24-11-15(20)12-4-7-14(19)8-5-12/h4-10H,3,11H2,1-2H3. The monoisotopic (exact) mass is 392 g/mol. The molecule has 0 saturated carbocycles. The molecule has 0 amide bonds. The third-order valence-electron chi connectivity index (χ3n) is 3.20. The molecule has 0 unspecified atom stereocenters. The molecule has 0 saturated heterocycles. The number of hydrogen-bond acceptors (Lipinski definition) is 5. The quantitative estimate of drug-likeness (QED) is 0.528. The highest BCUT2D eigenvalue weighted by atomic mass is 79.9. The summed E-state index contributed by atoms with van der Waals surface area (Å²) in [5.41, 5.74) is 0.776. The third kappa shape index (κ3) is 4.58. The molecule has 0 fully saturated rings. The number of esters is 1. The van der Waals surface area contributed by atoms with Crippen molar-refractivity contribution in [1.29, 1.82) is 0 Å². The first-order chi connectivity index (χ1) is 11.5. The van der Waals surface area contributed by atoms with Gasteiger partial charge in [0.1, 0.15) is 0 Å². The number of carbonyl (C=O) groups is 2. The molecule has 0 aliphatic rings. The Labute approximate surface area is 148 Å². The van der Waals surface area contributed by atoms with Crippen molar-refractivity contribution in [1.82, 2.24) is 0 Å². The lowest BCUT2D eigenvalue weighted by Gasteiger charge is -2.11. The fourth-order valence-corrected chi connectivity index (χ4v) is 2.27. The number of halogens is 1. The van der Waals surface area contributed by atoms with Gasteiger partial charge in [-0.1, -0.05) is 28.1 Å². The first-order valence-corrected chi connectivity index (χ1v) is 8.11. The fraction of sp³-hybridized carbons (Fsp3) is 0.222. The molecule has 0 N–H and O–H groups in total. The maximum absolute atomic E-state index is 12.1. The lowest BCUT2D eigenvalue weighted by molar-refractivity contribution is 0.0474. The van der Waals surface area contributed by atoms with E-state index < -0.39 is 5.97 Å². The molecular formula is C18H17BrO5. The van der Waals surface area contributed by atoms with Gasteiger partial charge in [0.05, 0.1) is 19.3 Å². The van der Waals surface area contributed by atoms with Crippen molar-refractivity contribution in [3.63, 3.8) is 0 Å². The molecule has 2 aromatic rings. The first kappa shape index (κ1) is 18.0. The summed E-state index contributed by atoms with van der Waals surface area (Å²) in [6.07, 6.45) is 0. The number of benzene rings is 2. The van der Waals surface area contributed by atoms with Crippen LogP contribution in [0.3, 0.4) is 0 Å². The summed E-state index contributed by atoms with van der Waals surface area (Å²) in [6.45, 7) is 1.95. The van der Waals surface area contributed by atoms with Crippen LogP contribution in [0.4, 0.5) is 0 Å². The van der Waals surface area contributed by atoms with Crippen molar-refractivity contribution in [2.24, 2.45) is 0 Å². The minimum Gasteiger partial charge on any atom is -0.493 e. The van der Waals surface area contributed by atoms with E-state index in [0.29, 0.717) is 29.2 Å². The van der Waals surface area contributed by atoms with E-state index in [4.69, 9.17) is 14.2 Å². The Morgan fingerprint density at radius 3 is 2.29 bits per heavy atom. The Morgan fingerprint density at radius 2 is 1.67 bits per heavy atom. The van der Waals surface area contributed by atoms with Gasteiger partial charge in [0.15, 0.2) is 23.9 Å². The van der Waals surface area contributed by atoms with Crippen molar-refractivity contribution >= 4 is 27.7 Å². The number of Topliss-reactive ketones (excluding diaryl/α,β-unsaturated/α-hetero) is 1. The summed E-state index contributed by atoms with van der Waals surface area (Å²) in [6, 6.07) is 11.6. The molecule has 0 radical (unpaired) electrons. The predicted octanol–water partition coefficient (Wildman–Crippen LogP) is 3.90. The molecule has 0 aliphatic heterocycles. The molecule has 0 aliphatic carbocycles. The molecule has 0 heterocycles. The number of hydrogen-bond donors (Lipinski definition) is 0. The van der Waals surface area contributed by atoms with E-state index in [1.54, 1.807) is 36.4 Å². The highest BCUT2D eigenvalue weighted by molar-refractivity contribution is 9.10. The Kier molecular flexibility index (Phi) is 6.37. The number of rotatable bonds is 7. The zero-order chi connectivity index (χ0) is 17.5. The lowest BCUT2D eigenvalue weighted by atomic mass is 10.1. The highest BCUT2D eigenvalue weighted by Gasteiger charge is 2.14. The molecule has 2 rings (SSSR count). The van der Waals surface area contributed by atoms with Crippen LogP contribution in [0.25, 0.3) is 0 Å². The van der Waals surface area contributed by atoms with Crippen molar-refractivity contribution in [2.45, 2.75) is 6.92 Å². The zero-order valence-electron chi connectivity index (χ0n) is 13.4. The lowest BCUT2D eigenvalue weighted by Crippen LogP contribution is -2.14. The van der Waals surface area contributed by atoms with E-state index in [1.165, 1.54) is 13.2 Å². The number of methoxy groups -OCH3 is 1. The second-order valence-electron chi connectivity index (χ2n) is 4.80. The van der Waals surface area contributed by atoms with Gasteiger partial charge in [-0.05, 0) is 37.3 Å². The smallest absolute Gasteiger partial charge is 0.338 e. The second-order valence-corrected chi connectivity index (χ2v) is 5.72. The van der Waals surface area contributed by atoms with Gasteiger partial charge >= 0.3 is 5.97 Å². The van der Waals surface area contributed by atoms with E-state index in [9.17, 15) is 9.59 Å². The Bertz CT molecular complexity index is 725. The maximum atomic E-state index is 12.1. The van der Waals surface area contributed by atoms with Crippen LogP contribution >= 0.6 is 15.9 Å². The normalized spacial score (nSPS) is 10.1. The largest absolute Gasteiger partial charge is 0.493 e. The average molecular weight is 393 g/mol. The van der Waals surface area contributed by atoms with Crippen molar-refractivity contribution in [2.75, 3.05) is 20.3 Å². The second kappa shape index (κ2) is 8.49. The number of ketones is 1. The molecule has 0 spiro atoms. The van der Waals surface area contributed by atoms with E-state index in [2.05, 4.69) is 15.9 Å². The average Bonchev–Trinajstić information content (AvgIpc) is 2.60. The van der Waals surface area contributed by atoms with Gasteiger partial charge in [-0.2, -0.15) is 0 Å². The Hall–Kier alpha value is -2.34. The third-order valence-corrected chi connectivity index (χ3v) is 3.73. The predicted molar refractivity (Wildman–Crippen MR) is 92.9 cm³/mol. The minimum atomic E-state index is -0.593. The van der Waals surface area contributed by atoms with Crippen LogP contribution in [0, 0.1) is 0 Å². The topological polar surface area (TPSA) is 61.8 Å². The van der Waals surface area contributed by atoms with Gasteiger partial charge in [-0.15, -0.1) is 0 Å². The minimum absolute atomic E-state index is 0.269. The van der Waals surface area contributed by atoms with Crippen LogP contribution in [0.1, 0.15) is 27.6 Å². The summed E-state index contributed by atoms with van der Waals surface area (Å²) in [4.78, 5) is 24.1. The van der Waals surface area contributed by atoms with Gasteiger partial charge in [0.2, 0.25) is 0 Å². The molecule has 6 heteroatoms. The molecule has 2 aromatic carbocycles. The molecule has 0 aromatic heterocycles. The SMILES string of the molecule is CCOc1cc(C(=O)OCC(=O)c2ccc(Br)cc2)ccc1OC. The van der Waals surface area contributed by atoms with Crippen molar-refractivity contribution < 1.29 is 23.8 Å². The van der Waals surface area contributed by atoms with E-state index >= 15 is 0 Å². The van der Waals surface area contributed by atoms with Crippen LogP contribution in [-0.2, 0) is 4.74 Å². The van der Waals surface area contributed by atoms with Crippen LogP contribution in [-0.4, -0.2) is 32.1 Å². The van der Waals surface area contributed by atoms with Crippen LogP contribution in [0.5, 0.6) is 11.5 Å². The van der Waals surface area contributed by atoms with Crippen molar-refractivity contribution in [3.8, 4) is 11.5 Å². The van der Waals surface area contributed by atoms with Crippen LogP contribution < -0.4 is 9.47 Å². The van der Waals surface area contributed by atoms with Crippen LogP contribution in [0.2, 0.25) is 0 Å². The maximum Gasteiger partial charge on any atom is 0.338 e. The summed E-state index contributed by atoms with van der Waals surface area (Å²) in [5, 5.41) is 0. The van der Waals surface area contributed by atoms with E-state index in [0.717, 1.165) is 4.47 Å². The van der Waals surface area contributed by atoms with E-state index in [1.807, 2.05) is 6.92 Å².